The zero-order valence-electron chi connectivity index (χ0n) is 20.7. The first-order chi connectivity index (χ1) is 17.4. The summed E-state index contributed by atoms with van der Waals surface area (Å²) in [5.41, 5.74) is 0.775. The summed E-state index contributed by atoms with van der Waals surface area (Å²) >= 11 is 0. The highest BCUT2D eigenvalue weighted by Gasteiger charge is 2.23. The van der Waals surface area contributed by atoms with Crippen LogP contribution in [-0.2, 0) is 17.7 Å². The Hall–Kier alpha value is -2.31. The van der Waals surface area contributed by atoms with Gasteiger partial charge < -0.3 is 35.3 Å². The van der Waals surface area contributed by atoms with Crippen molar-refractivity contribution in [2.75, 3.05) is 61.0 Å². The van der Waals surface area contributed by atoms with Gasteiger partial charge in [0.15, 0.2) is 0 Å². The molecule has 2 saturated heterocycles. The minimum Gasteiger partial charge on any atom is -0.396 e. The Morgan fingerprint density at radius 3 is 2.56 bits per heavy atom. The van der Waals surface area contributed by atoms with Crippen LogP contribution in [-0.4, -0.2) is 96.3 Å². The molecule has 2 aromatic rings. The fourth-order valence-electron chi connectivity index (χ4n) is 4.59. The minimum absolute atomic E-state index is 0.0968. The van der Waals surface area contributed by atoms with Crippen LogP contribution in [0.5, 0.6) is 0 Å². The van der Waals surface area contributed by atoms with E-state index in [1.807, 2.05) is 12.3 Å². The number of aliphatic hydroxyl groups excluding tert-OH is 1. The molecule has 0 spiro atoms. The molecule has 14 heteroatoms. The van der Waals surface area contributed by atoms with Gasteiger partial charge in [-0.15, -0.1) is 5.10 Å². The first-order valence-electron chi connectivity index (χ1n) is 12.8. The molecule has 0 radical (unpaired) electrons. The molecule has 5 N–H and O–H groups in total. The van der Waals surface area contributed by atoms with Crippen LogP contribution in [0.25, 0.3) is 0 Å². The Labute approximate surface area is 211 Å². The van der Waals surface area contributed by atoms with Gasteiger partial charge in [0.2, 0.25) is 5.95 Å². The molecule has 36 heavy (non-hydrogen) atoms. The van der Waals surface area contributed by atoms with E-state index >= 15 is 0 Å². The first kappa shape index (κ1) is 26.7. The number of likely N-dealkylation sites (tertiary alicyclic amines) is 1. The summed E-state index contributed by atoms with van der Waals surface area (Å²) in [6.07, 6.45) is 7.70. The molecule has 0 amide bonds. The predicted molar refractivity (Wildman–Crippen MR) is 137 cm³/mol. The molecule has 0 saturated carbocycles. The zero-order chi connectivity index (χ0) is 25.4. The third-order valence-electron chi connectivity index (χ3n) is 6.60. The lowest BCUT2D eigenvalue weighted by molar-refractivity contribution is 0.226. The SMILES string of the molecule is O=P(O)(O)CCN1CCC(Nc2cc(N3CCCCC3)nc(NCc3cn(CCCO)nn3)n2)CC1. The number of hydrogen-bond acceptors (Lipinski definition) is 10. The number of rotatable bonds is 12. The summed E-state index contributed by atoms with van der Waals surface area (Å²) in [6, 6.07) is 2.25. The van der Waals surface area contributed by atoms with Gasteiger partial charge >= 0.3 is 7.60 Å². The molecule has 0 bridgehead atoms. The van der Waals surface area contributed by atoms with Crippen LogP contribution < -0.4 is 15.5 Å². The van der Waals surface area contributed by atoms with Gasteiger partial charge in [0.25, 0.3) is 0 Å². The standard InChI is InChI=1S/C22H38N9O4P/c32-13-4-9-31-17-19(27-28-31)16-23-22-25-20(15-21(26-22)30-7-2-1-3-8-30)24-18-5-10-29(11-6-18)12-14-36(33,34)35/h15,17-18,32H,1-14,16H2,(H2,33,34,35)(H2,23,24,25,26). The van der Waals surface area contributed by atoms with E-state index in [-0.39, 0.29) is 18.8 Å². The highest BCUT2D eigenvalue weighted by molar-refractivity contribution is 7.51. The van der Waals surface area contributed by atoms with Gasteiger partial charge in [-0.3, -0.25) is 9.25 Å². The van der Waals surface area contributed by atoms with E-state index in [1.54, 1.807) is 4.68 Å². The molecule has 0 aromatic carbocycles. The smallest absolute Gasteiger partial charge is 0.326 e. The molecule has 2 aliphatic rings. The fourth-order valence-corrected chi connectivity index (χ4v) is 5.13. The van der Waals surface area contributed by atoms with E-state index in [4.69, 9.17) is 24.9 Å². The van der Waals surface area contributed by atoms with Crippen LogP contribution in [0.15, 0.2) is 12.3 Å². The van der Waals surface area contributed by atoms with Crippen LogP contribution in [0.2, 0.25) is 0 Å². The van der Waals surface area contributed by atoms with Gasteiger partial charge in [-0.1, -0.05) is 5.21 Å². The topological polar surface area (TPSA) is 165 Å². The van der Waals surface area contributed by atoms with Crippen molar-refractivity contribution in [3.05, 3.63) is 18.0 Å². The lowest BCUT2D eigenvalue weighted by atomic mass is 10.1. The number of hydrogen-bond donors (Lipinski definition) is 5. The molecule has 2 aromatic heterocycles. The molecule has 4 rings (SSSR count). The fraction of sp³-hybridized carbons (Fsp3) is 0.727. The van der Waals surface area contributed by atoms with Crippen LogP contribution in [0.3, 0.4) is 0 Å². The summed E-state index contributed by atoms with van der Waals surface area (Å²) in [5, 5.41) is 24.1. The largest absolute Gasteiger partial charge is 0.396 e. The normalized spacial score (nSPS) is 17.9. The summed E-state index contributed by atoms with van der Waals surface area (Å²) in [4.78, 5) is 32.2. The lowest BCUT2D eigenvalue weighted by Crippen LogP contribution is -2.40. The van der Waals surface area contributed by atoms with Crippen molar-refractivity contribution in [2.45, 2.75) is 57.7 Å². The Bertz CT molecular complexity index is 1000. The molecule has 2 fully saturated rings. The number of anilines is 3. The van der Waals surface area contributed by atoms with E-state index in [9.17, 15) is 4.57 Å². The molecule has 13 nitrogen and oxygen atoms in total. The minimum atomic E-state index is -3.97. The molecule has 0 unspecified atom stereocenters. The van der Waals surface area contributed by atoms with E-state index < -0.39 is 7.60 Å². The quantitative estimate of drug-likeness (QED) is 0.252. The van der Waals surface area contributed by atoms with Crippen molar-refractivity contribution in [1.82, 2.24) is 29.9 Å². The van der Waals surface area contributed by atoms with E-state index in [0.717, 1.165) is 69.2 Å². The van der Waals surface area contributed by atoms with Gasteiger partial charge in [0, 0.05) is 58.0 Å². The first-order valence-corrected chi connectivity index (χ1v) is 14.6. The molecule has 2 aliphatic heterocycles. The Morgan fingerprint density at radius 2 is 1.83 bits per heavy atom. The van der Waals surface area contributed by atoms with Gasteiger partial charge in [-0.05, 0) is 38.5 Å². The molecular weight excluding hydrogens is 485 g/mol. The van der Waals surface area contributed by atoms with Crippen molar-refractivity contribution >= 4 is 25.2 Å². The third-order valence-corrected chi connectivity index (χ3v) is 7.38. The van der Waals surface area contributed by atoms with Crippen LogP contribution in [0, 0.1) is 0 Å². The average Bonchev–Trinajstić information content (AvgIpc) is 3.33. The number of nitrogens with one attached hydrogen (secondary N) is 2. The summed E-state index contributed by atoms with van der Waals surface area (Å²) in [6.45, 7) is 5.14. The molecule has 200 valence electrons. The number of nitrogens with zero attached hydrogens (tertiary/aromatic N) is 7. The maximum absolute atomic E-state index is 11.2. The predicted octanol–water partition coefficient (Wildman–Crippen LogP) is 1.11. The second-order valence-electron chi connectivity index (χ2n) is 9.53. The Kier molecular flexibility index (Phi) is 9.49. The number of aryl methyl sites for hydroxylation is 1. The van der Waals surface area contributed by atoms with Crippen molar-refractivity contribution < 1.29 is 19.5 Å². The third kappa shape index (κ3) is 8.38. The molecular formula is C22H38N9O4P. The Balaban J connectivity index is 1.38. The van der Waals surface area contributed by atoms with E-state index in [1.165, 1.54) is 6.42 Å². The molecule has 0 aliphatic carbocycles. The van der Waals surface area contributed by atoms with Gasteiger partial charge in [0.05, 0.1) is 18.9 Å². The number of piperidine rings is 2. The monoisotopic (exact) mass is 523 g/mol. The maximum Gasteiger partial charge on any atom is 0.326 e. The highest BCUT2D eigenvalue weighted by Crippen LogP contribution is 2.34. The van der Waals surface area contributed by atoms with Gasteiger partial charge in [0.1, 0.15) is 17.3 Å². The van der Waals surface area contributed by atoms with Gasteiger partial charge in [-0.2, -0.15) is 9.97 Å². The highest BCUT2D eigenvalue weighted by atomic mass is 31.2. The summed E-state index contributed by atoms with van der Waals surface area (Å²) in [7, 11) is -3.97. The Morgan fingerprint density at radius 1 is 1.06 bits per heavy atom. The second-order valence-corrected chi connectivity index (χ2v) is 11.3. The van der Waals surface area contributed by atoms with Gasteiger partial charge in [-0.25, -0.2) is 0 Å². The van der Waals surface area contributed by atoms with E-state index in [2.05, 4.69) is 30.7 Å². The number of aromatic nitrogens is 5. The maximum atomic E-state index is 11.2. The summed E-state index contributed by atoms with van der Waals surface area (Å²) < 4.78 is 12.9. The van der Waals surface area contributed by atoms with E-state index in [0.29, 0.717) is 32.0 Å². The van der Waals surface area contributed by atoms with Crippen molar-refractivity contribution in [3.63, 3.8) is 0 Å². The molecule has 4 heterocycles. The number of aliphatic hydroxyl groups is 1. The zero-order valence-corrected chi connectivity index (χ0v) is 21.6. The van der Waals surface area contributed by atoms with Crippen molar-refractivity contribution in [2.24, 2.45) is 0 Å². The van der Waals surface area contributed by atoms with Crippen molar-refractivity contribution in [1.29, 1.82) is 0 Å². The van der Waals surface area contributed by atoms with Crippen molar-refractivity contribution in [3.8, 4) is 0 Å². The second kappa shape index (κ2) is 12.8. The van der Waals surface area contributed by atoms with Crippen LogP contribution in [0.4, 0.5) is 17.6 Å². The molecule has 0 atom stereocenters. The van der Waals surface area contributed by atoms with Crippen LogP contribution >= 0.6 is 7.60 Å². The van der Waals surface area contributed by atoms with Crippen LogP contribution in [0.1, 0.15) is 44.2 Å². The lowest BCUT2D eigenvalue weighted by Gasteiger charge is -2.33. The summed E-state index contributed by atoms with van der Waals surface area (Å²) in [5.74, 6) is 2.21. The average molecular weight is 524 g/mol.